The Labute approximate surface area is 142 Å². The molecule has 0 atom stereocenters. The minimum absolute atomic E-state index is 0.126. The summed E-state index contributed by atoms with van der Waals surface area (Å²) in [4.78, 5) is 19.8. The van der Waals surface area contributed by atoms with Crippen molar-refractivity contribution in [3.63, 3.8) is 0 Å². The fourth-order valence-electron chi connectivity index (χ4n) is 2.19. The first-order valence-electron chi connectivity index (χ1n) is 6.81. The molecule has 0 aliphatic rings. The molecular weight excluding hydrogens is 389 g/mol. The Bertz CT molecular complexity index is 813. The monoisotopic (exact) mass is 403 g/mol. The molecule has 1 aromatic heterocycles. The number of aromatic nitrogens is 2. The number of anilines is 1. The smallest absolute Gasteiger partial charge is 0.255 e. The quantitative estimate of drug-likeness (QED) is 0.643. The van der Waals surface area contributed by atoms with E-state index in [-0.39, 0.29) is 5.91 Å². The molecule has 0 aliphatic heterocycles. The summed E-state index contributed by atoms with van der Waals surface area (Å²) >= 11 is 2.26. The molecule has 0 unspecified atom stereocenters. The van der Waals surface area contributed by atoms with Crippen molar-refractivity contribution in [1.29, 1.82) is 0 Å². The number of nitrogens with one attached hydrogen (secondary N) is 2. The van der Waals surface area contributed by atoms with E-state index in [0.717, 1.165) is 26.2 Å². The number of imidazole rings is 1. The summed E-state index contributed by atoms with van der Waals surface area (Å²) in [5.74, 6) is 0.605. The molecule has 0 fully saturated rings. The second-order valence-electron chi connectivity index (χ2n) is 4.90. The molecule has 0 saturated carbocycles. The van der Waals surface area contributed by atoms with Crippen LogP contribution in [0.1, 0.15) is 15.9 Å². The van der Waals surface area contributed by atoms with Crippen molar-refractivity contribution in [2.75, 3.05) is 5.32 Å². The van der Waals surface area contributed by atoms with Crippen LogP contribution in [0.15, 0.2) is 54.9 Å². The molecule has 1 amide bonds. The molecule has 3 rings (SSSR count). The summed E-state index contributed by atoms with van der Waals surface area (Å²) in [6, 6.07) is 13.3. The Morgan fingerprint density at radius 3 is 2.77 bits per heavy atom. The number of nitrogens with zero attached hydrogens (tertiary/aromatic N) is 1. The predicted octanol–water partition coefficient (Wildman–Crippen LogP) is 4.24. The predicted molar refractivity (Wildman–Crippen MR) is 95.9 cm³/mol. The number of para-hydroxylation sites is 1. The summed E-state index contributed by atoms with van der Waals surface area (Å²) in [7, 11) is 0. The van der Waals surface area contributed by atoms with Gasteiger partial charge in [-0.15, -0.1) is 0 Å². The van der Waals surface area contributed by atoms with Gasteiger partial charge in [0.1, 0.15) is 5.82 Å². The molecule has 0 bridgehead atoms. The van der Waals surface area contributed by atoms with Crippen LogP contribution in [0, 0.1) is 10.5 Å². The molecule has 4 nitrogen and oxygen atoms in total. The fourth-order valence-corrected chi connectivity index (χ4v) is 2.53. The lowest BCUT2D eigenvalue weighted by Crippen LogP contribution is -2.13. The number of halogens is 1. The van der Waals surface area contributed by atoms with E-state index < -0.39 is 0 Å². The number of benzene rings is 2. The maximum Gasteiger partial charge on any atom is 0.255 e. The van der Waals surface area contributed by atoms with Gasteiger partial charge in [-0.25, -0.2) is 4.98 Å². The lowest BCUT2D eigenvalue weighted by Gasteiger charge is -2.10. The Morgan fingerprint density at radius 1 is 1.23 bits per heavy atom. The molecule has 0 radical (unpaired) electrons. The molecule has 0 aliphatic carbocycles. The third-order valence-electron chi connectivity index (χ3n) is 3.35. The van der Waals surface area contributed by atoms with Gasteiger partial charge >= 0.3 is 0 Å². The highest BCUT2D eigenvalue weighted by molar-refractivity contribution is 14.1. The van der Waals surface area contributed by atoms with Crippen molar-refractivity contribution >= 4 is 34.2 Å². The Balaban J connectivity index is 1.90. The van der Waals surface area contributed by atoms with E-state index in [2.05, 4.69) is 37.9 Å². The van der Waals surface area contributed by atoms with Gasteiger partial charge < -0.3 is 10.3 Å². The molecule has 2 aromatic carbocycles. The highest BCUT2D eigenvalue weighted by Gasteiger charge is 2.12. The first-order valence-corrected chi connectivity index (χ1v) is 7.89. The first kappa shape index (κ1) is 14.8. The van der Waals surface area contributed by atoms with Gasteiger partial charge in [-0.2, -0.15) is 0 Å². The third kappa shape index (κ3) is 3.04. The van der Waals surface area contributed by atoms with Gasteiger partial charge in [0.15, 0.2) is 0 Å². The number of amides is 1. The van der Waals surface area contributed by atoms with Crippen molar-refractivity contribution < 1.29 is 4.79 Å². The van der Waals surface area contributed by atoms with Gasteiger partial charge in [-0.05, 0) is 65.4 Å². The molecule has 5 heteroatoms. The van der Waals surface area contributed by atoms with Crippen molar-refractivity contribution in [3.8, 4) is 11.4 Å². The minimum Gasteiger partial charge on any atom is -0.345 e. The van der Waals surface area contributed by atoms with Gasteiger partial charge in [-0.1, -0.05) is 12.1 Å². The molecule has 0 saturated heterocycles. The van der Waals surface area contributed by atoms with Crippen LogP contribution < -0.4 is 5.32 Å². The number of hydrogen-bond acceptors (Lipinski definition) is 2. The van der Waals surface area contributed by atoms with Crippen molar-refractivity contribution in [1.82, 2.24) is 9.97 Å². The van der Waals surface area contributed by atoms with Crippen LogP contribution in [0.5, 0.6) is 0 Å². The summed E-state index contributed by atoms with van der Waals surface area (Å²) in [5.41, 5.74) is 3.33. The standard InChI is InChI=1S/C17H14IN3O/c1-11-10-12(6-7-14(11)18)17(22)21-15-5-3-2-4-13(15)16-19-8-9-20-16/h2-10H,1H3,(H,19,20)(H,21,22). The van der Waals surface area contributed by atoms with Crippen LogP contribution in [0.25, 0.3) is 11.4 Å². The number of carbonyl (C=O) groups is 1. The number of hydrogen-bond donors (Lipinski definition) is 2. The van der Waals surface area contributed by atoms with Gasteiger partial charge in [0.25, 0.3) is 5.91 Å². The highest BCUT2D eigenvalue weighted by atomic mass is 127. The maximum atomic E-state index is 12.5. The van der Waals surface area contributed by atoms with E-state index in [0.29, 0.717) is 5.56 Å². The molecule has 22 heavy (non-hydrogen) atoms. The number of aryl methyl sites for hydroxylation is 1. The van der Waals surface area contributed by atoms with Crippen LogP contribution in [0.2, 0.25) is 0 Å². The molecule has 2 N–H and O–H groups in total. The van der Waals surface area contributed by atoms with Crippen LogP contribution in [0.4, 0.5) is 5.69 Å². The number of rotatable bonds is 3. The summed E-state index contributed by atoms with van der Waals surface area (Å²) in [6.45, 7) is 2.00. The second-order valence-corrected chi connectivity index (χ2v) is 6.06. The maximum absolute atomic E-state index is 12.5. The van der Waals surface area contributed by atoms with Crippen LogP contribution in [-0.2, 0) is 0 Å². The van der Waals surface area contributed by atoms with Gasteiger partial charge in [-0.3, -0.25) is 4.79 Å². The fraction of sp³-hybridized carbons (Fsp3) is 0.0588. The van der Waals surface area contributed by atoms with Gasteiger partial charge in [0.2, 0.25) is 0 Å². The highest BCUT2D eigenvalue weighted by Crippen LogP contribution is 2.25. The summed E-state index contributed by atoms with van der Waals surface area (Å²) in [5, 5.41) is 2.96. The van der Waals surface area contributed by atoms with Gasteiger partial charge in [0.05, 0.1) is 5.69 Å². The average Bonchev–Trinajstić information content (AvgIpc) is 3.04. The normalized spacial score (nSPS) is 10.5. The van der Waals surface area contributed by atoms with Crippen molar-refractivity contribution in [2.45, 2.75) is 6.92 Å². The van der Waals surface area contributed by atoms with Crippen molar-refractivity contribution in [2.24, 2.45) is 0 Å². The summed E-state index contributed by atoms with van der Waals surface area (Å²) in [6.07, 6.45) is 3.45. The lowest BCUT2D eigenvalue weighted by atomic mass is 10.1. The summed E-state index contributed by atoms with van der Waals surface area (Å²) < 4.78 is 1.14. The molecular formula is C17H14IN3O. The van der Waals surface area contributed by atoms with E-state index in [1.165, 1.54) is 0 Å². The van der Waals surface area contributed by atoms with E-state index in [9.17, 15) is 4.79 Å². The van der Waals surface area contributed by atoms with Crippen molar-refractivity contribution in [3.05, 3.63) is 69.6 Å². The Kier molecular flexibility index (Phi) is 4.24. The first-order chi connectivity index (χ1) is 10.6. The van der Waals surface area contributed by atoms with Crippen LogP contribution >= 0.6 is 22.6 Å². The zero-order valence-corrected chi connectivity index (χ0v) is 14.1. The largest absolute Gasteiger partial charge is 0.345 e. The molecule has 3 aromatic rings. The van der Waals surface area contributed by atoms with E-state index >= 15 is 0 Å². The number of carbonyl (C=O) groups excluding carboxylic acids is 1. The lowest BCUT2D eigenvalue weighted by molar-refractivity contribution is 0.102. The average molecular weight is 403 g/mol. The number of aromatic amines is 1. The van der Waals surface area contributed by atoms with Crippen LogP contribution in [0.3, 0.4) is 0 Å². The Morgan fingerprint density at radius 2 is 2.05 bits per heavy atom. The molecule has 0 spiro atoms. The zero-order chi connectivity index (χ0) is 15.5. The van der Waals surface area contributed by atoms with E-state index in [1.807, 2.05) is 49.4 Å². The second kappa shape index (κ2) is 6.31. The van der Waals surface area contributed by atoms with Crippen LogP contribution in [-0.4, -0.2) is 15.9 Å². The van der Waals surface area contributed by atoms with E-state index in [4.69, 9.17) is 0 Å². The molecule has 1 heterocycles. The van der Waals surface area contributed by atoms with Gasteiger partial charge in [0, 0.05) is 27.1 Å². The Hall–Kier alpha value is -2.15. The zero-order valence-electron chi connectivity index (χ0n) is 11.9. The third-order valence-corrected chi connectivity index (χ3v) is 4.56. The SMILES string of the molecule is Cc1cc(C(=O)Nc2ccccc2-c2ncc[nH]2)ccc1I. The molecule has 110 valence electrons. The minimum atomic E-state index is -0.126. The van der Waals surface area contributed by atoms with E-state index in [1.54, 1.807) is 12.4 Å². The number of H-pyrrole nitrogens is 1. The topological polar surface area (TPSA) is 57.8 Å².